The highest BCUT2D eigenvalue weighted by molar-refractivity contribution is 5.85. The van der Waals surface area contributed by atoms with Gasteiger partial charge in [-0.25, -0.2) is 9.59 Å². The zero-order chi connectivity index (χ0) is 15.3. The summed E-state index contributed by atoms with van der Waals surface area (Å²) in [6, 6.07) is 6.45. The lowest BCUT2D eigenvalue weighted by molar-refractivity contribution is -0.144. The second kappa shape index (κ2) is 6.27. The zero-order valence-corrected chi connectivity index (χ0v) is 12.0. The molecule has 0 aliphatic heterocycles. The minimum Gasteiger partial charge on any atom is -0.479 e. The average molecular weight is 281 g/mol. The van der Waals surface area contributed by atoms with E-state index in [9.17, 15) is 9.59 Å². The summed E-state index contributed by atoms with van der Waals surface area (Å²) in [6.45, 7) is 6.72. The highest BCUT2D eigenvalue weighted by Crippen LogP contribution is 2.19. The lowest BCUT2D eigenvalue weighted by Crippen LogP contribution is -2.27. The lowest BCUT2D eigenvalue weighted by atomic mass is 10.2. The Balaban J connectivity index is 2.69. The van der Waals surface area contributed by atoms with Crippen LogP contribution >= 0.6 is 0 Å². The molecule has 1 atom stereocenters. The quantitative estimate of drug-likeness (QED) is 0.886. The molecule has 1 unspecified atom stereocenters. The van der Waals surface area contributed by atoms with Crippen molar-refractivity contribution in [2.45, 2.75) is 39.4 Å². The third-order valence-corrected chi connectivity index (χ3v) is 2.14. The van der Waals surface area contributed by atoms with Crippen LogP contribution in [0.2, 0.25) is 0 Å². The fraction of sp³-hybridized carbons (Fsp3) is 0.429. The number of carbonyl (C=O) groups is 2. The van der Waals surface area contributed by atoms with Crippen molar-refractivity contribution in [3.05, 3.63) is 24.3 Å². The predicted octanol–water partition coefficient (Wildman–Crippen LogP) is 2.89. The Bertz CT molecular complexity index is 493. The first kappa shape index (κ1) is 15.8. The second-order valence-corrected chi connectivity index (χ2v) is 5.25. The lowest BCUT2D eigenvalue weighted by Gasteiger charge is -2.20. The largest absolute Gasteiger partial charge is 0.479 e. The van der Waals surface area contributed by atoms with Crippen molar-refractivity contribution in [3.63, 3.8) is 0 Å². The Morgan fingerprint density at radius 2 is 1.95 bits per heavy atom. The highest BCUT2D eigenvalue weighted by atomic mass is 16.6. The normalized spacial score (nSPS) is 12.4. The number of carboxylic acid groups (broad SMARTS) is 1. The topological polar surface area (TPSA) is 84.9 Å². The van der Waals surface area contributed by atoms with Gasteiger partial charge in [0, 0.05) is 11.8 Å². The van der Waals surface area contributed by atoms with E-state index in [0.717, 1.165) is 0 Å². The van der Waals surface area contributed by atoms with E-state index in [1.54, 1.807) is 39.0 Å². The van der Waals surface area contributed by atoms with Gasteiger partial charge < -0.3 is 14.6 Å². The number of aliphatic carboxylic acids is 1. The molecular formula is C14H19NO5. The van der Waals surface area contributed by atoms with E-state index < -0.39 is 23.8 Å². The van der Waals surface area contributed by atoms with Crippen molar-refractivity contribution in [2.75, 3.05) is 5.32 Å². The van der Waals surface area contributed by atoms with Gasteiger partial charge in [0.05, 0.1) is 0 Å². The Hall–Kier alpha value is -2.24. The van der Waals surface area contributed by atoms with Gasteiger partial charge in [-0.15, -0.1) is 0 Å². The number of nitrogens with one attached hydrogen (secondary N) is 1. The molecule has 0 saturated carbocycles. The Morgan fingerprint density at radius 3 is 2.50 bits per heavy atom. The molecule has 6 heteroatoms. The first-order valence-electron chi connectivity index (χ1n) is 6.17. The monoisotopic (exact) mass is 281 g/mol. The molecule has 2 N–H and O–H groups in total. The maximum atomic E-state index is 11.6. The van der Waals surface area contributed by atoms with Crippen molar-refractivity contribution >= 4 is 17.7 Å². The molecule has 0 bridgehead atoms. The average Bonchev–Trinajstić information content (AvgIpc) is 2.26. The van der Waals surface area contributed by atoms with Crippen LogP contribution in [0, 0.1) is 0 Å². The number of rotatable bonds is 4. The van der Waals surface area contributed by atoms with Gasteiger partial charge in [0.1, 0.15) is 11.4 Å². The highest BCUT2D eigenvalue weighted by Gasteiger charge is 2.17. The van der Waals surface area contributed by atoms with Gasteiger partial charge >= 0.3 is 12.1 Å². The standard InChI is InChI=1S/C14H19NO5/c1-9(12(16)17)19-11-7-5-6-10(8-11)15-13(18)20-14(2,3)4/h5-9H,1-4H3,(H,15,18)(H,16,17). The van der Waals surface area contributed by atoms with Crippen LogP contribution in [0.5, 0.6) is 5.75 Å². The number of ether oxygens (including phenoxy) is 2. The van der Waals surface area contributed by atoms with E-state index in [1.165, 1.54) is 13.0 Å². The van der Waals surface area contributed by atoms with Gasteiger partial charge in [-0.3, -0.25) is 5.32 Å². The molecule has 6 nitrogen and oxygen atoms in total. The fourth-order valence-corrected chi connectivity index (χ4v) is 1.32. The SMILES string of the molecule is CC(Oc1cccc(NC(=O)OC(C)(C)C)c1)C(=O)O. The summed E-state index contributed by atoms with van der Waals surface area (Å²) in [6.07, 6.45) is -1.55. The number of anilines is 1. The number of hydrogen-bond acceptors (Lipinski definition) is 4. The smallest absolute Gasteiger partial charge is 0.412 e. The fourth-order valence-electron chi connectivity index (χ4n) is 1.32. The zero-order valence-electron chi connectivity index (χ0n) is 12.0. The van der Waals surface area contributed by atoms with Crippen LogP contribution in [-0.2, 0) is 9.53 Å². The van der Waals surface area contributed by atoms with Gasteiger partial charge in [0.2, 0.25) is 0 Å². The van der Waals surface area contributed by atoms with Crippen molar-refractivity contribution in [2.24, 2.45) is 0 Å². The molecule has 110 valence electrons. The Labute approximate surface area is 117 Å². The maximum Gasteiger partial charge on any atom is 0.412 e. The second-order valence-electron chi connectivity index (χ2n) is 5.25. The summed E-state index contributed by atoms with van der Waals surface area (Å²) >= 11 is 0. The van der Waals surface area contributed by atoms with E-state index in [4.69, 9.17) is 14.6 Å². The van der Waals surface area contributed by atoms with Crippen LogP contribution in [-0.4, -0.2) is 28.9 Å². The van der Waals surface area contributed by atoms with E-state index in [0.29, 0.717) is 11.4 Å². The predicted molar refractivity (Wildman–Crippen MR) is 74.0 cm³/mol. The van der Waals surface area contributed by atoms with E-state index >= 15 is 0 Å². The van der Waals surface area contributed by atoms with Crippen LogP contribution in [0.1, 0.15) is 27.7 Å². The van der Waals surface area contributed by atoms with Crippen LogP contribution in [0.15, 0.2) is 24.3 Å². The number of benzene rings is 1. The molecular weight excluding hydrogens is 262 g/mol. The molecule has 1 aromatic carbocycles. The molecule has 0 heterocycles. The third-order valence-electron chi connectivity index (χ3n) is 2.14. The van der Waals surface area contributed by atoms with Gasteiger partial charge in [-0.05, 0) is 39.8 Å². The molecule has 0 aliphatic rings. The molecule has 0 fully saturated rings. The van der Waals surface area contributed by atoms with Crippen molar-refractivity contribution in [1.29, 1.82) is 0 Å². The minimum atomic E-state index is -1.06. The molecule has 0 saturated heterocycles. The van der Waals surface area contributed by atoms with Crippen molar-refractivity contribution < 1.29 is 24.2 Å². The van der Waals surface area contributed by atoms with Gasteiger partial charge in [0.25, 0.3) is 0 Å². The Kier molecular flexibility index (Phi) is 4.96. The first-order valence-corrected chi connectivity index (χ1v) is 6.17. The van der Waals surface area contributed by atoms with Crippen LogP contribution < -0.4 is 10.1 Å². The van der Waals surface area contributed by atoms with Crippen molar-refractivity contribution in [3.8, 4) is 5.75 Å². The van der Waals surface area contributed by atoms with Crippen LogP contribution in [0.3, 0.4) is 0 Å². The van der Waals surface area contributed by atoms with Gasteiger partial charge in [-0.1, -0.05) is 6.07 Å². The summed E-state index contributed by atoms with van der Waals surface area (Å²) in [7, 11) is 0. The summed E-state index contributed by atoms with van der Waals surface area (Å²) in [5.74, 6) is -0.705. The molecule has 0 aromatic heterocycles. The van der Waals surface area contributed by atoms with E-state index in [-0.39, 0.29) is 0 Å². The van der Waals surface area contributed by atoms with Crippen molar-refractivity contribution in [1.82, 2.24) is 0 Å². The maximum absolute atomic E-state index is 11.6. The van der Waals surface area contributed by atoms with Crippen LogP contribution in [0.25, 0.3) is 0 Å². The molecule has 1 rings (SSSR count). The first-order chi connectivity index (χ1) is 9.17. The number of carbonyl (C=O) groups excluding carboxylic acids is 1. The summed E-state index contributed by atoms with van der Waals surface area (Å²) in [5, 5.41) is 11.3. The van der Waals surface area contributed by atoms with Gasteiger partial charge in [0.15, 0.2) is 6.10 Å². The molecule has 1 amide bonds. The third kappa shape index (κ3) is 5.60. The number of amides is 1. The molecule has 1 aromatic rings. The number of hydrogen-bond donors (Lipinski definition) is 2. The Morgan fingerprint density at radius 1 is 1.30 bits per heavy atom. The van der Waals surface area contributed by atoms with Gasteiger partial charge in [-0.2, -0.15) is 0 Å². The molecule has 0 spiro atoms. The molecule has 20 heavy (non-hydrogen) atoms. The summed E-state index contributed by atoms with van der Waals surface area (Å²) < 4.78 is 10.3. The summed E-state index contributed by atoms with van der Waals surface area (Å²) in [5.41, 5.74) is -0.120. The summed E-state index contributed by atoms with van der Waals surface area (Å²) in [4.78, 5) is 22.3. The van der Waals surface area contributed by atoms with E-state index in [1.807, 2.05) is 0 Å². The number of carboxylic acids is 1. The minimum absolute atomic E-state index is 0.355. The molecule has 0 radical (unpaired) electrons. The molecule has 0 aliphatic carbocycles. The van der Waals surface area contributed by atoms with E-state index in [2.05, 4.69) is 5.32 Å². The van der Waals surface area contributed by atoms with Crippen LogP contribution in [0.4, 0.5) is 10.5 Å².